The topological polar surface area (TPSA) is 52.7 Å². The summed E-state index contributed by atoms with van der Waals surface area (Å²) < 4.78 is 0. The molecule has 1 N–H and O–H groups in total. The van der Waals surface area contributed by atoms with E-state index in [1.54, 1.807) is 9.80 Å². The highest BCUT2D eigenvalue weighted by atomic mass is 16.2. The molecule has 102 valence electrons. The first-order valence-electron chi connectivity index (χ1n) is 7.03. The summed E-state index contributed by atoms with van der Waals surface area (Å²) in [6, 6.07) is -0.167. The third-order valence-electron chi connectivity index (χ3n) is 3.78. The molecule has 2 saturated heterocycles. The number of hydrogen-bond acceptors (Lipinski definition) is 3. The van der Waals surface area contributed by atoms with Gasteiger partial charge >= 0.3 is 0 Å². The number of fused-ring (bicyclic) bond motifs is 1. The van der Waals surface area contributed by atoms with Crippen LogP contribution < -0.4 is 5.32 Å². The standard InChI is InChI=1S/C13H23N3O2/c1-2-14-7-5-8-15-10-12(17)16-9-4-3-6-11(16)13(15)18/h11,14H,2-10H2,1H3. The molecule has 0 saturated carbocycles. The van der Waals surface area contributed by atoms with Crippen molar-refractivity contribution in [2.45, 2.75) is 38.6 Å². The van der Waals surface area contributed by atoms with E-state index < -0.39 is 0 Å². The first-order valence-corrected chi connectivity index (χ1v) is 7.03. The molecule has 0 bridgehead atoms. The highest BCUT2D eigenvalue weighted by Gasteiger charge is 2.39. The quantitative estimate of drug-likeness (QED) is 0.713. The molecule has 2 aliphatic heterocycles. The third-order valence-corrected chi connectivity index (χ3v) is 3.78. The zero-order valence-electron chi connectivity index (χ0n) is 11.2. The average molecular weight is 253 g/mol. The summed E-state index contributed by atoms with van der Waals surface area (Å²) in [4.78, 5) is 27.8. The molecular weight excluding hydrogens is 230 g/mol. The molecule has 0 aliphatic carbocycles. The van der Waals surface area contributed by atoms with E-state index in [-0.39, 0.29) is 24.4 Å². The van der Waals surface area contributed by atoms with E-state index in [1.807, 2.05) is 0 Å². The summed E-state index contributed by atoms with van der Waals surface area (Å²) >= 11 is 0. The van der Waals surface area contributed by atoms with Crippen LogP contribution in [0.15, 0.2) is 0 Å². The van der Waals surface area contributed by atoms with E-state index in [0.717, 1.165) is 45.3 Å². The van der Waals surface area contributed by atoms with Crippen LogP contribution in [0.1, 0.15) is 32.6 Å². The van der Waals surface area contributed by atoms with Gasteiger partial charge in [-0.3, -0.25) is 9.59 Å². The predicted molar refractivity (Wildman–Crippen MR) is 69.1 cm³/mol. The van der Waals surface area contributed by atoms with Gasteiger partial charge < -0.3 is 15.1 Å². The number of piperidine rings is 1. The molecule has 2 fully saturated rings. The van der Waals surface area contributed by atoms with Crippen molar-refractivity contribution in [2.24, 2.45) is 0 Å². The normalized spacial score (nSPS) is 24.4. The number of hydrogen-bond donors (Lipinski definition) is 1. The molecule has 18 heavy (non-hydrogen) atoms. The first-order chi connectivity index (χ1) is 8.74. The van der Waals surface area contributed by atoms with Gasteiger partial charge in [-0.1, -0.05) is 6.92 Å². The minimum atomic E-state index is -0.167. The zero-order valence-corrected chi connectivity index (χ0v) is 11.2. The lowest BCUT2D eigenvalue weighted by Gasteiger charge is -2.42. The minimum Gasteiger partial charge on any atom is -0.332 e. The molecule has 0 aromatic carbocycles. The molecule has 2 amide bonds. The molecule has 1 unspecified atom stereocenters. The van der Waals surface area contributed by atoms with Gasteiger partial charge in [-0.2, -0.15) is 0 Å². The second-order valence-corrected chi connectivity index (χ2v) is 5.07. The lowest BCUT2D eigenvalue weighted by atomic mass is 9.98. The fourth-order valence-corrected chi connectivity index (χ4v) is 2.79. The van der Waals surface area contributed by atoms with Crippen LogP contribution in [-0.2, 0) is 9.59 Å². The average Bonchev–Trinajstić information content (AvgIpc) is 2.40. The zero-order chi connectivity index (χ0) is 13.0. The smallest absolute Gasteiger partial charge is 0.245 e. The van der Waals surface area contributed by atoms with E-state index >= 15 is 0 Å². The number of carbonyl (C=O) groups excluding carboxylic acids is 2. The van der Waals surface area contributed by atoms with Crippen LogP contribution in [-0.4, -0.2) is 60.4 Å². The van der Waals surface area contributed by atoms with Gasteiger partial charge in [0.2, 0.25) is 11.8 Å². The van der Waals surface area contributed by atoms with Gasteiger partial charge in [-0.05, 0) is 38.8 Å². The van der Waals surface area contributed by atoms with Crippen molar-refractivity contribution in [3.05, 3.63) is 0 Å². The summed E-state index contributed by atoms with van der Waals surface area (Å²) in [5, 5.41) is 3.24. The number of nitrogens with one attached hydrogen (secondary N) is 1. The molecule has 1 atom stereocenters. The monoisotopic (exact) mass is 253 g/mol. The van der Waals surface area contributed by atoms with Crippen LogP contribution in [0.4, 0.5) is 0 Å². The van der Waals surface area contributed by atoms with Crippen molar-refractivity contribution in [3.63, 3.8) is 0 Å². The number of carbonyl (C=O) groups is 2. The van der Waals surface area contributed by atoms with Gasteiger partial charge in [0, 0.05) is 13.1 Å². The van der Waals surface area contributed by atoms with E-state index in [0.29, 0.717) is 6.54 Å². The number of rotatable bonds is 5. The maximum Gasteiger partial charge on any atom is 0.245 e. The van der Waals surface area contributed by atoms with Crippen molar-refractivity contribution in [1.82, 2.24) is 15.1 Å². The highest BCUT2D eigenvalue weighted by molar-refractivity contribution is 5.95. The molecular formula is C13H23N3O2. The fourth-order valence-electron chi connectivity index (χ4n) is 2.79. The fraction of sp³-hybridized carbons (Fsp3) is 0.846. The summed E-state index contributed by atoms with van der Waals surface area (Å²) in [5.41, 5.74) is 0. The summed E-state index contributed by atoms with van der Waals surface area (Å²) in [6.07, 6.45) is 3.86. The van der Waals surface area contributed by atoms with Crippen LogP contribution >= 0.6 is 0 Å². The maximum atomic E-state index is 12.3. The Balaban J connectivity index is 1.88. The molecule has 2 aliphatic rings. The summed E-state index contributed by atoms with van der Waals surface area (Å²) in [5.74, 6) is 0.286. The van der Waals surface area contributed by atoms with E-state index in [2.05, 4.69) is 12.2 Å². The molecule has 0 aromatic rings. The minimum absolute atomic E-state index is 0.128. The predicted octanol–water partition coefficient (Wildman–Crippen LogP) is 0.209. The molecule has 0 radical (unpaired) electrons. The van der Waals surface area contributed by atoms with Gasteiger partial charge in [0.1, 0.15) is 6.04 Å². The number of piperazine rings is 1. The Kier molecular flexibility index (Phi) is 4.58. The maximum absolute atomic E-state index is 12.3. The van der Waals surface area contributed by atoms with Crippen molar-refractivity contribution in [1.29, 1.82) is 0 Å². The Morgan fingerprint density at radius 3 is 2.94 bits per heavy atom. The van der Waals surface area contributed by atoms with E-state index in [1.165, 1.54) is 0 Å². The van der Waals surface area contributed by atoms with Crippen molar-refractivity contribution in [3.8, 4) is 0 Å². The molecule has 0 spiro atoms. The van der Waals surface area contributed by atoms with Gasteiger partial charge in [0.15, 0.2) is 0 Å². The second kappa shape index (κ2) is 6.18. The highest BCUT2D eigenvalue weighted by Crippen LogP contribution is 2.22. The Labute approximate surface area is 108 Å². The van der Waals surface area contributed by atoms with Gasteiger partial charge in [0.25, 0.3) is 0 Å². The van der Waals surface area contributed by atoms with Crippen LogP contribution in [0.3, 0.4) is 0 Å². The molecule has 5 nitrogen and oxygen atoms in total. The Bertz CT molecular complexity index is 319. The molecule has 2 rings (SSSR count). The van der Waals surface area contributed by atoms with Crippen LogP contribution in [0.5, 0.6) is 0 Å². The second-order valence-electron chi connectivity index (χ2n) is 5.07. The summed E-state index contributed by atoms with van der Waals surface area (Å²) in [7, 11) is 0. The lowest BCUT2D eigenvalue weighted by molar-refractivity contribution is -0.157. The van der Waals surface area contributed by atoms with Gasteiger partial charge in [-0.15, -0.1) is 0 Å². The molecule has 2 heterocycles. The van der Waals surface area contributed by atoms with Gasteiger partial charge in [0.05, 0.1) is 6.54 Å². The SMILES string of the molecule is CCNCCCN1CC(=O)N2CCCCC2C1=O. The largest absolute Gasteiger partial charge is 0.332 e. The Morgan fingerprint density at radius 1 is 1.33 bits per heavy atom. The number of nitrogens with zero attached hydrogens (tertiary/aromatic N) is 2. The lowest BCUT2D eigenvalue weighted by Crippen LogP contribution is -2.61. The molecule has 5 heteroatoms. The van der Waals surface area contributed by atoms with E-state index in [9.17, 15) is 9.59 Å². The van der Waals surface area contributed by atoms with Crippen molar-refractivity contribution >= 4 is 11.8 Å². The molecule has 0 aromatic heterocycles. The van der Waals surface area contributed by atoms with Crippen molar-refractivity contribution < 1.29 is 9.59 Å². The number of amides is 2. The van der Waals surface area contributed by atoms with Crippen LogP contribution in [0.25, 0.3) is 0 Å². The van der Waals surface area contributed by atoms with Crippen LogP contribution in [0.2, 0.25) is 0 Å². The summed E-state index contributed by atoms with van der Waals surface area (Å²) in [6.45, 7) is 5.66. The van der Waals surface area contributed by atoms with E-state index in [4.69, 9.17) is 0 Å². The third kappa shape index (κ3) is 2.83. The first kappa shape index (κ1) is 13.3. The van der Waals surface area contributed by atoms with Crippen LogP contribution in [0, 0.1) is 0 Å². The Morgan fingerprint density at radius 2 is 2.17 bits per heavy atom. The Hall–Kier alpha value is -1.10. The van der Waals surface area contributed by atoms with Crippen molar-refractivity contribution in [2.75, 3.05) is 32.7 Å². The van der Waals surface area contributed by atoms with Gasteiger partial charge in [-0.25, -0.2) is 0 Å².